The molecule has 1 aliphatic heterocycles. The Hall–Kier alpha value is -4.00. The Bertz CT molecular complexity index is 1160. The normalized spacial score (nSPS) is 17.7. The fourth-order valence-electron chi connectivity index (χ4n) is 3.74. The van der Waals surface area contributed by atoms with Gasteiger partial charge in [0, 0.05) is 24.2 Å². The molecular weight excluding hydrogens is 406 g/mol. The second-order valence-electron chi connectivity index (χ2n) is 7.73. The van der Waals surface area contributed by atoms with Gasteiger partial charge in [0.15, 0.2) is 0 Å². The summed E-state index contributed by atoms with van der Waals surface area (Å²) in [6.45, 7) is 3.93. The number of likely N-dealkylation sites (tertiary alicyclic amines) is 1. The molecule has 0 bridgehead atoms. The zero-order valence-corrected chi connectivity index (χ0v) is 17.8. The molecule has 1 fully saturated rings. The van der Waals surface area contributed by atoms with Gasteiger partial charge in [0.1, 0.15) is 11.5 Å². The van der Waals surface area contributed by atoms with Gasteiger partial charge < -0.3 is 14.7 Å². The average Bonchev–Trinajstić information content (AvgIpc) is 3.04. The molecule has 0 saturated carbocycles. The van der Waals surface area contributed by atoms with E-state index in [1.165, 1.54) is 4.90 Å². The van der Waals surface area contributed by atoms with Gasteiger partial charge in [-0.1, -0.05) is 24.3 Å². The number of rotatable bonds is 6. The molecule has 1 N–H and O–H groups in total. The number of carbonyl (C=O) groups excluding carboxylic acids is 2. The van der Waals surface area contributed by atoms with Crippen molar-refractivity contribution in [2.24, 2.45) is 0 Å². The number of amides is 1. The van der Waals surface area contributed by atoms with E-state index in [0.29, 0.717) is 22.6 Å². The molecular formula is C25H23N3O4. The molecule has 7 heteroatoms. The number of aromatic nitrogens is 2. The second kappa shape index (κ2) is 9.01. The Morgan fingerprint density at radius 3 is 2.62 bits per heavy atom. The molecule has 1 saturated heterocycles. The number of Topliss-reactive ketones (excluding diaryl/α,β-unsaturated/α-hetero) is 1. The van der Waals surface area contributed by atoms with Gasteiger partial charge in [-0.25, -0.2) is 0 Å². The zero-order chi connectivity index (χ0) is 22.7. The monoisotopic (exact) mass is 429 g/mol. The van der Waals surface area contributed by atoms with Crippen molar-refractivity contribution in [2.75, 3.05) is 0 Å². The predicted octanol–water partition coefficient (Wildman–Crippen LogP) is 3.89. The molecule has 0 aliphatic carbocycles. The van der Waals surface area contributed by atoms with Gasteiger partial charge in [-0.15, -0.1) is 0 Å². The molecule has 1 atom stereocenters. The zero-order valence-electron chi connectivity index (χ0n) is 17.8. The maximum Gasteiger partial charge on any atom is 0.296 e. The van der Waals surface area contributed by atoms with E-state index in [-0.39, 0.29) is 24.0 Å². The third-order valence-electron chi connectivity index (χ3n) is 5.08. The minimum atomic E-state index is -0.791. The summed E-state index contributed by atoms with van der Waals surface area (Å²) in [5, 5.41) is 11.2. The summed E-state index contributed by atoms with van der Waals surface area (Å²) < 4.78 is 5.71. The van der Waals surface area contributed by atoms with Crippen LogP contribution in [0.1, 0.15) is 36.7 Å². The Kier molecular flexibility index (Phi) is 5.98. The standard InChI is InChI=1S/C25H23N3O4/c1-16(2)32-20-10-5-7-17(13-20)23(29)21-22(18-8-6-11-26-14-18)28(25(31)24(21)30)15-19-9-3-4-12-27-19/h3-14,16,22,29H,15H2,1-2H3/b23-21-. The smallest absolute Gasteiger partial charge is 0.296 e. The molecule has 1 aliphatic rings. The van der Waals surface area contributed by atoms with Crippen molar-refractivity contribution in [1.82, 2.24) is 14.9 Å². The van der Waals surface area contributed by atoms with Gasteiger partial charge in [-0.2, -0.15) is 0 Å². The van der Waals surface area contributed by atoms with Crippen LogP contribution in [0.2, 0.25) is 0 Å². The molecule has 0 spiro atoms. The fourth-order valence-corrected chi connectivity index (χ4v) is 3.74. The number of hydrogen-bond donors (Lipinski definition) is 1. The maximum atomic E-state index is 13.1. The van der Waals surface area contributed by atoms with E-state index in [0.717, 1.165) is 0 Å². The van der Waals surface area contributed by atoms with Gasteiger partial charge in [0.2, 0.25) is 0 Å². The quantitative estimate of drug-likeness (QED) is 0.363. The van der Waals surface area contributed by atoms with Crippen LogP contribution in [0.3, 0.4) is 0 Å². The summed E-state index contributed by atoms with van der Waals surface area (Å²) in [5.74, 6) is -1.14. The number of aliphatic hydroxyl groups is 1. The molecule has 162 valence electrons. The first-order chi connectivity index (χ1) is 15.5. The number of nitrogens with zero attached hydrogens (tertiary/aromatic N) is 3. The highest BCUT2D eigenvalue weighted by molar-refractivity contribution is 6.46. The van der Waals surface area contributed by atoms with Gasteiger partial charge in [0.05, 0.1) is 30.0 Å². The SMILES string of the molecule is CC(C)Oc1cccc(/C(O)=C2/C(=O)C(=O)N(Cc3ccccn3)C2c2cccnc2)c1. The predicted molar refractivity (Wildman–Crippen MR) is 119 cm³/mol. The van der Waals surface area contributed by atoms with Crippen molar-refractivity contribution in [2.45, 2.75) is 32.5 Å². The molecule has 7 nitrogen and oxygen atoms in total. The highest BCUT2D eigenvalue weighted by Crippen LogP contribution is 2.40. The lowest BCUT2D eigenvalue weighted by atomic mass is 9.96. The van der Waals surface area contributed by atoms with Crippen molar-refractivity contribution in [3.05, 3.63) is 95.6 Å². The van der Waals surface area contributed by atoms with E-state index in [1.807, 2.05) is 19.9 Å². The topological polar surface area (TPSA) is 92.6 Å². The van der Waals surface area contributed by atoms with Crippen LogP contribution in [-0.4, -0.2) is 37.8 Å². The summed E-state index contributed by atoms with van der Waals surface area (Å²) >= 11 is 0. The minimum absolute atomic E-state index is 0.0145. The molecule has 1 unspecified atom stereocenters. The van der Waals surface area contributed by atoms with E-state index in [4.69, 9.17) is 4.74 Å². The number of benzene rings is 1. The van der Waals surface area contributed by atoms with Crippen LogP contribution >= 0.6 is 0 Å². The number of ketones is 1. The second-order valence-corrected chi connectivity index (χ2v) is 7.73. The largest absolute Gasteiger partial charge is 0.507 e. The first-order valence-electron chi connectivity index (χ1n) is 10.3. The number of pyridine rings is 2. The summed E-state index contributed by atoms with van der Waals surface area (Å²) in [5.41, 5.74) is 1.67. The maximum absolute atomic E-state index is 13.1. The average molecular weight is 429 g/mol. The van der Waals surface area contributed by atoms with Gasteiger partial charge >= 0.3 is 0 Å². The highest BCUT2D eigenvalue weighted by Gasteiger charge is 2.46. The first-order valence-corrected chi connectivity index (χ1v) is 10.3. The van der Waals surface area contributed by atoms with Crippen molar-refractivity contribution in [1.29, 1.82) is 0 Å². The van der Waals surface area contributed by atoms with E-state index in [9.17, 15) is 14.7 Å². The Labute approximate surface area is 186 Å². The van der Waals surface area contributed by atoms with Crippen molar-refractivity contribution in [3.63, 3.8) is 0 Å². The van der Waals surface area contributed by atoms with Gasteiger partial charge in [0.25, 0.3) is 11.7 Å². The van der Waals surface area contributed by atoms with Crippen LogP contribution in [0.25, 0.3) is 5.76 Å². The van der Waals surface area contributed by atoms with Crippen molar-refractivity contribution < 1.29 is 19.4 Å². The Morgan fingerprint density at radius 2 is 1.94 bits per heavy atom. The number of ether oxygens (including phenoxy) is 1. The summed E-state index contributed by atoms with van der Waals surface area (Å²) in [6.07, 6.45) is 4.78. The van der Waals surface area contributed by atoms with Gasteiger partial charge in [-0.05, 0) is 49.7 Å². The molecule has 32 heavy (non-hydrogen) atoms. The lowest BCUT2D eigenvalue weighted by Crippen LogP contribution is -2.29. The molecule has 2 aromatic heterocycles. The van der Waals surface area contributed by atoms with E-state index >= 15 is 0 Å². The Balaban J connectivity index is 1.82. The third-order valence-corrected chi connectivity index (χ3v) is 5.08. The van der Waals surface area contributed by atoms with Crippen LogP contribution in [0.15, 0.2) is 78.8 Å². The van der Waals surface area contributed by atoms with Gasteiger partial charge in [-0.3, -0.25) is 19.6 Å². The lowest BCUT2D eigenvalue weighted by molar-refractivity contribution is -0.140. The van der Waals surface area contributed by atoms with Crippen LogP contribution in [0, 0.1) is 0 Å². The minimum Gasteiger partial charge on any atom is -0.507 e. The molecule has 4 rings (SSSR count). The van der Waals surface area contributed by atoms with Crippen molar-refractivity contribution in [3.8, 4) is 5.75 Å². The van der Waals surface area contributed by atoms with E-state index < -0.39 is 17.7 Å². The van der Waals surface area contributed by atoms with Crippen LogP contribution < -0.4 is 4.74 Å². The van der Waals surface area contributed by atoms with Crippen LogP contribution in [0.5, 0.6) is 5.75 Å². The van der Waals surface area contributed by atoms with Crippen molar-refractivity contribution >= 4 is 17.4 Å². The number of carbonyl (C=O) groups is 2. The molecule has 0 radical (unpaired) electrons. The summed E-state index contributed by atoms with van der Waals surface area (Å²) in [6, 6.07) is 14.9. The molecule has 3 heterocycles. The van der Waals surface area contributed by atoms with Crippen LogP contribution in [-0.2, 0) is 16.1 Å². The third kappa shape index (κ3) is 4.23. The van der Waals surface area contributed by atoms with Crippen LogP contribution in [0.4, 0.5) is 0 Å². The lowest BCUT2D eigenvalue weighted by Gasteiger charge is -2.24. The van der Waals surface area contributed by atoms with E-state index in [1.54, 1.807) is 67.1 Å². The first kappa shape index (κ1) is 21.2. The summed E-state index contributed by atoms with van der Waals surface area (Å²) in [7, 11) is 0. The molecule has 3 aromatic rings. The summed E-state index contributed by atoms with van der Waals surface area (Å²) in [4.78, 5) is 35.9. The number of aliphatic hydroxyl groups excluding tert-OH is 1. The Morgan fingerprint density at radius 1 is 1.09 bits per heavy atom. The molecule has 1 amide bonds. The molecule has 1 aromatic carbocycles. The number of hydrogen-bond acceptors (Lipinski definition) is 6. The van der Waals surface area contributed by atoms with E-state index in [2.05, 4.69) is 9.97 Å². The fraction of sp³-hybridized carbons (Fsp3) is 0.200. The highest BCUT2D eigenvalue weighted by atomic mass is 16.5.